The fraction of sp³-hybridized carbons (Fsp3) is 0.533. The Kier molecular flexibility index (Phi) is 3.60. The second kappa shape index (κ2) is 5.01. The van der Waals surface area contributed by atoms with E-state index in [-0.39, 0.29) is 0 Å². The number of carboxylic acids is 1. The molecular weight excluding hydrogens is 226 g/mol. The van der Waals surface area contributed by atoms with Crippen LogP contribution >= 0.6 is 0 Å². The predicted octanol–water partition coefficient (Wildman–Crippen LogP) is 3.46. The molecule has 1 aromatic rings. The molecule has 98 valence electrons. The smallest absolute Gasteiger partial charge is 0.337 e. The number of aryl methyl sites for hydroxylation is 1. The van der Waals surface area contributed by atoms with Crippen molar-refractivity contribution in [1.82, 2.24) is 0 Å². The van der Waals surface area contributed by atoms with E-state index in [9.17, 15) is 9.90 Å². The average Bonchev–Trinajstić information content (AvgIpc) is 2.69. The van der Waals surface area contributed by atoms with Crippen molar-refractivity contribution in [3.8, 4) is 0 Å². The van der Waals surface area contributed by atoms with E-state index < -0.39 is 5.97 Å². The van der Waals surface area contributed by atoms with E-state index in [1.54, 1.807) is 6.07 Å². The molecular formula is C15H21NO2. The molecule has 3 heteroatoms. The summed E-state index contributed by atoms with van der Waals surface area (Å²) in [7, 11) is 0. The summed E-state index contributed by atoms with van der Waals surface area (Å²) in [5, 5.41) is 9.34. The van der Waals surface area contributed by atoms with Gasteiger partial charge >= 0.3 is 5.97 Å². The monoisotopic (exact) mass is 247 g/mol. The van der Waals surface area contributed by atoms with E-state index in [1.807, 2.05) is 19.1 Å². The first-order chi connectivity index (χ1) is 8.54. The zero-order chi connectivity index (χ0) is 13.3. The van der Waals surface area contributed by atoms with Crippen LogP contribution in [0, 0.1) is 6.92 Å². The molecule has 0 radical (unpaired) electrons. The molecule has 1 fully saturated rings. The van der Waals surface area contributed by atoms with Crippen molar-refractivity contribution >= 4 is 11.7 Å². The summed E-state index contributed by atoms with van der Waals surface area (Å²) >= 11 is 0. The van der Waals surface area contributed by atoms with Crippen molar-refractivity contribution in [3.63, 3.8) is 0 Å². The van der Waals surface area contributed by atoms with Crippen LogP contribution in [0.25, 0.3) is 0 Å². The van der Waals surface area contributed by atoms with Gasteiger partial charge in [-0.1, -0.05) is 13.0 Å². The van der Waals surface area contributed by atoms with Gasteiger partial charge in [0, 0.05) is 12.1 Å². The molecule has 2 atom stereocenters. The molecule has 1 aliphatic heterocycles. The zero-order valence-electron chi connectivity index (χ0n) is 11.3. The highest BCUT2D eigenvalue weighted by molar-refractivity contribution is 5.94. The molecule has 18 heavy (non-hydrogen) atoms. The largest absolute Gasteiger partial charge is 0.478 e. The van der Waals surface area contributed by atoms with Gasteiger partial charge in [0.2, 0.25) is 0 Å². The summed E-state index contributed by atoms with van der Waals surface area (Å²) in [6.45, 7) is 6.37. The molecule has 0 aromatic heterocycles. The van der Waals surface area contributed by atoms with Crippen LogP contribution in [0.3, 0.4) is 0 Å². The molecule has 0 amide bonds. The second-order valence-corrected chi connectivity index (χ2v) is 5.22. The van der Waals surface area contributed by atoms with Crippen LogP contribution in [-0.2, 0) is 0 Å². The fourth-order valence-electron chi connectivity index (χ4n) is 2.94. The first kappa shape index (κ1) is 12.9. The first-order valence-corrected chi connectivity index (χ1v) is 6.66. The minimum absolute atomic E-state index is 0.424. The van der Waals surface area contributed by atoms with E-state index >= 15 is 0 Å². The van der Waals surface area contributed by atoms with Crippen LogP contribution in [0.5, 0.6) is 0 Å². The Bertz CT molecular complexity index is 456. The number of aromatic carboxylic acids is 1. The third kappa shape index (κ3) is 2.22. The van der Waals surface area contributed by atoms with Crippen molar-refractivity contribution in [2.45, 2.75) is 52.1 Å². The first-order valence-electron chi connectivity index (χ1n) is 6.66. The summed E-state index contributed by atoms with van der Waals surface area (Å²) in [6.07, 6.45) is 3.37. The SMILES string of the molecule is CCC1CCC(C)N1c1cc(C)ccc1C(=O)O. The minimum Gasteiger partial charge on any atom is -0.478 e. The molecule has 0 spiro atoms. The van der Waals surface area contributed by atoms with Crippen LogP contribution in [0.4, 0.5) is 5.69 Å². The van der Waals surface area contributed by atoms with Gasteiger partial charge in [0.05, 0.1) is 11.3 Å². The third-order valence-electron chi connectivity index (χ3n) is 3.92. The lowest BCUT2D eigenvalue weighted by atomic mass is 10.1. The van der Waals surface area contributed by atoms with Crippen molar-refractivity contribution in [2.75, 3.05) is 4.90 Å². The van der Waals surface area contributed by atoms with Gasteiger partial charge < -0.3 is 10.0 Å². The number of anilines is 1. The molecule has 1 aliphatic rings. The van der Waals surface area contributed by atoms with E-state index in [0.29, 0.717) is 17.6 Å². The molecule has 3 nitrogen and oxygen atoms in total. The lowest BCUT2D eigenvalue weighted by Gasteiger charge is -2.31. The number of carboxylic acid groups (broad SMARTS) is 1. The topological polar surface area (TPSA) is 40.5 Å². The second-order valence-electron chi connectivity index (χ2n) is 5.22. The van der Waals surface area contributed by atoms with Gasteiger partial charge in [0.1, 0.15) is 0 Å². The van der Waals surface area contributed by atoms with Crippen LogP contribution < -0.4 is 4.90 Å². The number of nitrogens with zero attached hydrogens (tertiary/aromatic N) is 1. The van der Waals surface area contributed by atoms with E-state index in [1.165, 1.54) is 0 Å². The molecule has 1 N–H and O–H groups in total. The van der Waals surface area contributed by atoms with Crippen LogP contribution in [-0.4, -0.2) is 23.2 Å². The predicted molar refractivity (Wildman–Crippen MR) is 73.4 cm³/mol. The number of carbonyl (C=O) groups is 1. The molecule has 1 aromatic carbocycles. The highest BCUT2D eigenvalue weighted by Gasteiger charge is 2.31. The number of rotatable bonds is 3. The maximum Gasteiger partial charge on any atom is 0.337 e. The van der Waals surface area contributed by atoms with Gasteiger partial charge in [-0.15, -0.1) is 0 Å². The Morgan fingerprint density at radius 1 is 1.44 bits per heavy atom. The Hall–Kier alpha value is -1.51. The molecule has 2 unspecified atom stereocenters. The Labute approximate surface area is 108 Å². The van der Waals surface area contributed by atoms with E-state index in [4.69, 9.17) is 0 Å². The normalized spacial score (nSPS) is 23.4. The Morgan fingerprint density at radius 3 is 2.78 bits per heavy atom. The van der Waals surface area contributed by atoms with Crippen LogP contribution in [0.15, 0.2) is 18.2 Å². The molecule has 1 heterocycles. The summed E-state index contributed by atoms with van der Waals surface area (Å²) < 4.78 is 0. The standard InChI is InChI=1S/C15H21NO2/c1-4-12-7-6-11(3)16(12)14-9-10(2)5-8-13(14)15(17)18/h5,8-9,11-12H,4,6-7H2,1-3H3,(H,17,18). The van der Waals surface area contributed by atoms with Crippen LogP contribution in [0.1, 0.15) is 49.0 Å². The van der Waals surface area contributed by atoms with Gasteiger partial charge in [-0.2, -0.15) is 0 Å². The molecule has 2 rings (SSSR count). The average molecular weight is 247 g/mol. The van der Waals surface area contributed by atoms with Crippen molar-refractivity contribution < 1.29 is 9.90 Å². The maximum absolute atomic E-state index is 11.4. The zero-order valence-corrected chi connectivity index (χ0v) is 11.3. The molecule has 0 bridgehead atoms. The molecule has 0 saturated carbocycles. The van der Waals surface area contributed by atoms with Gasteiger partial charge in [0.15, 0.2) is 0 Å². The van der Waals surface area contributed by atoms with E-state index in [2.05, 4.69) is 18.7 Å². The summed E-state index contributed by atoms with van der Waals surface area (Å²) in [6, 6.07) is 6.50. The highest BCUT2D eigenvalue weighted by Crippen LogP contribution is 2.34. The maximum atomic E-state index is 11.4. The van der Waals surface area contributed by atoms with Crippen molar-refractivity contribution in [3.05, 3.63) is 29.3 Å². The summed E-state index contributed by atoms with van der Waals surface area (Å²) in [5.74, 6) is -0.834. The Balaban J connectivity index is 2.48. The number of benzene rings is 1. The van der Waals surface area contributed by atoms with Gasteiger partial charge in [-0.25, -0.2) is 4.79 Å². The summed E-state index contributed by atoms with van der Waals surface area (Å²) in [4.78, 5) is 13.7. The van der Waals surface area contributed by atoms with Crippen molar-refractivity contribution in [1.29, 1.82) is 0 Å². The third-order valence-corrected chi connectivity index (χ3v) is 3.92. The minimum atomic E-state index is -0.834. The van der Waals surface area contributed by atoms with Crippen LogP contribution in [0.2, 0.25) is 0 Å². The van der Waals surface area contributed by atoms with Crippen molar-refractivity contribution in [2.24, 2.45) is 0 Å². The lowest BCUT2D eigenvalue weighted by Crippen LogP contribution is -2.35. The number of hydrogen-bond donors (Lipinski definition) is 1. The van der Waals surface area contributed by atoms with Gasteiger partial charge in [-0.3, -0.25) is 0 Å². The lowest BCUT2D eigenvalue weighted by molar-refractivity contribution is 0.0697. The quantitative estimate of drug-likeness (QED) is 0.889. The molecule has 1 saturated heterocycles. The van der Waals surface area contributed by atoms with Gasteiger partial charge in [-0.05, 0) is 50.8 Å². The van der Waals surface area contributed by atoms with Gasteiger partial charge in [0.25, 0.3) is 0 Å². The Morgan fingerprint density at radius 2 is 2.17 bits per heavy atom. The number of hydrogen-bond acceptors (Lipinski definition) is 2. The summed E-state index contributed by atoms with van der Waals surface area (Å²) in [5.41, 5.74) is 2.43. The highest BCUT2D eigenvalue weighted by atomic mass is 16.4. The van der Waals surface area contributed by atoms with E-state index in [0.717, 1.165) is 30.5 Å². The molecule has 0 aliphatic carbocycles. The fourth-order valence-corrected chi connectivity index (χ4v) is 2.94.